The second-order valence-corrected chi connectivity index (χ2v) is 7.93. The van der Waals surface area contributed by atoms with Gasteiger partial charge in [-0.05, 0) is 54.0 Å². The fraction of sp³-hybridized carbons (Fsp3) is 0.429. The van der Waals surface area contributed by atoms with Crippen molar-refractivity contribution in [3.8, 4) is 0 Å². The summed E-state index contributed by atoms with van der Waals surface area (Å²) in [5, 5.41) is 24.0. The topological polar surface area (TPSA) is 105 Å². The van der Waals surface area contributed by atoms with Gasteiger partial charge in [-0.15, -0.1) is 11.8 Å². The maximum Gasteiger partial charge on any atom is 0.218 e. The highest BCUT2D eigenvalue weighted by Gasteiger charge is 2.44. The van der Waals surface area contributed by atoms with E-state index in [4.69, 9.17) is 9.47 Å². The summed E-state index contributed by atoms with van der Waals surface area (Å²) in [5.41, 5.74) is 2.54. The van der Waals surface area contributed by atoms with Crippen molar-refractivity contribution in [3.63, 3.8) is 0 Å². The lowest BCUT2D eigenvalue weighted by atomic mass is 9.85. The number of carbonyl (C=O) groups excluding carboxylic acids is 1. The molecule has 2 aliphatic rings. The van der Waals surface area contributed by atoms with Gasteiger partial charge in [0.15, 0.2) is 11.5 Å². The molecular weight excluding hydrogens is 394 g/mol. The number of carbonyl (C=O) groups is 1. The first-order chi connectivity index (χ1) is 13.7. The Morgan fingerprint density at radius 2 is 2.03 bits per heavy atom. The number of rotatable bonds is 4. The lowest BCUT2D eigenvalue weighted by molar-refractivity contribution is -0.196. The van der Waals surface area contributed by atoms with Gasteiger partial charge in [0.05, 0.1) is 18.0 Å². The summed E-state index contributed by atoms with van der Waals surface area (Å²) in [6, 6.07) is 4.70. The number of ether oxygens (including phenoxy) is 2. The molecule has 0 saturated carbocycles. The number of allylic oxidation sites excluding steroid dienone is 2. The fourth-order valence-electron chi connectivity index (χ4n) is 4.04. The number of methoxy groups -OCH3 is 2. The van der Waals surface area contributed by atoms with E-state index in [1.807, 2.05) is 12.3 Å². The number of amides is 1. The zero-order chi connectivity index (χ0) is 21.3. The molecule has 1 aromatic carbocycles. The SMILES string of the molecule is COC1=C2C(=CC(O)(O)C1OC)CC[C@H](NC(C)=O)c1cc(=O)c(SC)ccc12. The van der Waals surface area contributed by atoms with Crippen LogP contribution in [0.2, 0.25) is 0 Å². The molecule has 29 heavy (non-hydrogen) atoms. The first-order valence-corrected chi connectivity index (χ1v) is 10.4. The summed E-state index contributed by atoms with van der Waals surface area (Å²) < 4.78 is 10.9. The number of hydrogen-bond donors (Lipinski definition) is 3. The molecule has 0 aromatic heterocycles. The van der Waals surface area contributed by atoms with E-state index < -0.39 is 17.9 Å². The Labute approximate surface area is 173 Å². The van der Waals surface area contributed by atoms with Crippen LogP contribution >= 0.6 is 11.8 Å². The van der Waals surface area contributed by atoms with Gasteiger partial charge in [-0.2, -0.15) is 0 Å². The molecule has 156 valence electrons. The second kappa shape index (κ2) is 8.31. The molecule has 0 saturated heterocycles. The largest absolute Gasteiger partial charge is 0.497 e. The Kier molecular flexibility index (Phi) is 6.19. The van der Waals surface area contributed by atoms with Gasteiger partial charge in [0.1, 0.15) is 5.76 Å². The van der Waals surface area contributed by atoms with Gasteiger partial charge in [0.2, 0.25) is 11.7 Å². The van der Waals surface area contributed by atoms with Gasteiger partial charge >= 0.3 is 0 Å². The molecule has 2 atom stereocenters. The molecule has 7 nitrogen and oxygen atoms in total. The average molecular weight is 419 g/mol. The van der Waals surface area contributed by atoms with Crippen molar-refractivity contribution in [3.05, 3.63) is 57.0 Å². The van der Waals surface area contributed by atoms with Gasteiger partial charge in [-0.1, -0.05) is 6.07 Å². The quantitative estimate of drug-likeness (QED) is 0.504. The molecule has 0 radical (unpaired) electrons. The van der Waals surface area contributed by atoms with Crippen LogP contribution in [0.15, 0.2) is 45.3 Å². The van der Waals surface area contributed by atoms with Crippen LogP contribution in [0, 0.1) is 0 Å². The Balaban J connectivity index is 2.37. The third-order valence-electron chi connectivity index (χ3n) is 5.22. The van der Waals surface area contributed by atoms with Crippen LogP contribution in [-0.2, 0) is 14.3 Å². The Morgan fingerprint density at radius 1 is 1.31 bits per heavy atom. The van der Waals surface area contributed by atoms with E-state index >= 15 is 0 Å². The standard InChI is InChI=1S/C21H25NO6S/c1-11(23)22-15-7-5-12-10-21(25,26)20(28-3)19(27-2)18(12)13-6-8-17(29-4)16(24)9-14(13)15/h6,8-10,15,20,25-26H,5,7H2,1-4H3,(H,22,23)/t15-,20?/m0/s1. The molecule has 0 spiro atoms. The molecule has 8 heteroatoms. The van der Waals surface area contributed by atoms with Crippen LogP contribution in [-0.4, -0.2) is 48.5 Å². The normalized spacial score (nSPS) is 22.8. The molecule has 0 heterocycles. The third kappa shape index (κ3) is 3.98. The number of nitrogens with one attached hydrogen (secondary N) is 1. The van der Waals surface area contributed by atoms with Gasteiger partial charge in [0, 0.05) is 19.6 Å². The number of fused-ring (bicyclic) bond motifs is 3. The minimum atomic E-state index is -2.24. The summed E-state index contributed by atoms with van der Waals surface area (Å²) in [5.74, 6) is -2.18. The maximum absolute atomic E-state index is 12.7. The van der Waals surface area contributed by atoms with Crippen molar-refractivity contribution in [1.29, 1.82) is 0 Å². The minimum absolute atomic E-state index is 0.140. The highest BCUT2D eigenvalue weighted by molar-refractivity contribution is 7.98. The first kappa shape index (κ1) is 21.6. The lowest BCUT2D eigenvalue weighted by Gasteiger charge is -2.35. The number of aliphatic hydroxyl groups is 2. The Morgan fingerprint density at radius 3 is 2.62 bits per heavy atom. The molecule has 3 rings (SSSR count). The zero-order valence-corrected chi connectivity index (χ0v) is 17.6. The van der Waals surface area contributed by atoms with Crippen LogP contribution < -0.4 is 10.7 Å². The zero-order valence-electron chi connectivity index (χ0n) is 16.8. The van der Waals surface area contributed by atoms with E-state index in [2.05, 4.69) is 5.32 Å². The molecule has 0 bridgehead atoms. The van der Waals surface area contributed by atoms with E-state index in [-0.39, 0.29) is 17.1 Å². The average Bonchev–Trinajstić information content (AvgIpc) is 2.89. The van der Waals surface area contributed by atoms with Gasteiger partial charge in [-0.25, -0.2) is 0 Å². The maximum atomic E-state index is 12.7. The van der Waals surface area contributed by atoms with Crippen LogP contribution in [0.5, 0.6) is 0 Å². The Hall–Kier alpha value is -2.13. The summed E-state index contributed by atoms with van der Waals surface area (Å²) >= 11 is 1.34. The first-order valence-electron chi connectivity index (χ1n) is 9.21. The fourth-order valence-corrected chi connectivity index (χ4v) is 4.51. The molecule has 0 aliphatic heterocycles. The van der Waals surface area contributed by atoms with Gasteiger partial charge in [0.25, 0.3) is 0 Å². The molecule has 1 aromatic rings. The highest BCUT2D eigenvalue weighted by Crippen LogP contribution is 2.45. The molecule has 3 N–H and O–H groups in total. The van der Waals surface area contributed by atoms with Crippen LogP contribution in [0.1, 0.15) is 36.9 Å². The van der Waals surface area contributed by atoms with Crippen molar-refractivity contribution in [1.82, 2.24) is 5.32 Å². The monoisotopic (exact) mass is 419 g/mol. The van der Waals surface area contributed by atoms with Crippen molar-refractivity contribution >= 4 is 23.2 Å². The summed E-state index contributed by atoms with van der Waals surface area (Å²) in [6.45, 7) is 1.43. The molecule has 1 amide bonds. The molecule has 1 unspecified atom stereocenters. The number of hydrogen-bond acceptors (Lipinski definition) is 7. The predicted molar refractivity (Wildman–Crippen MR) is 110 cm³/mol. The summed E-state index contributed by atoms with van der Waals surface area (Å²) in [6.07, 6.45) is 3.00. The van der Waals surface area contributed by atoms with Crippen molar-refractivity contribution in [2.75, 3.05) is 20.5 Å². The van der Waals surface area contributed by atoms with E-state index in [0.717, 1.165) is 0 Å². The second-order valence-electron chi connectivity index (χ2n) is 7.08. The van der Waals surface area contributed by atoms with E-state index in [9.17, 15) is 19.8 Å². The van der Waals surface area contributed by atoms with E-state index in [1.54, 1.807) is 12.1 Å². The van der Waals surface area contributed by atoms with Gasteiger partial charge in [-0.3, -0.25) is 9.59 Å². The smallest absolute Gasteiger partial charge is 0.218 e. The third-order valence-corrected chi connectivity index (χ3v) is 6.00. The van der Waals surface area contributed by atoms with Crippen LogP contribution in [0.3, 0.4) is 0 Å². The van der Waals surface area contributed by atoms with E-state index in [1.165, 1.54) is 39.0 Å². The lowest BCUT2D eigenvalue weighted by Crippen LogP contribution is -2.46. The van der Waals surface area contributed by atoms with Crippen molar-refractivity contribution in [2.24, 2.45) is 0 Å². The van der Waals surface area contributed by atoms with Crippen molar-refractivity contribution in [2.45, 2.75) is 42.6 Å². The highest BCUT2D eigenvalue weighted by atomic mass is 32.2. The van der Waals surface area contributed by atoms with Crippen molar-refractivity contribution < 1.29 is 24.5 Å². The molecule has 2 aliphatic carbocycles. The summed E-state index contributed by atoms with van der Waals surface area (Å²) in [4.78, 5) is 25.1. The van der Waals surface area contributed by atoms with E-state index in [0.29, 0.717) is 40.0 Å². The molecular formula is C21H25NO6S. The van der Waals surface area contributed by atoms with Crippen LogP contribution in [0.25, 0.3) is 5.57 Å². The minimum Gasteiger partial charge on any atom is -0.497 e. The van der Waals surface area contributed by atoms with Gasteiger partial charge < -0.3 is 25.0 Å². The van der Waals surface area contributed by atoms with Crippen LogP contribution in [0.4, 0.5) is 0 Å². The Bertz CT molecular complexity index is 953. The predicted octanol–water partition coefficient (Wildman–Crippen LogP) is 1.73. The summed E-state index contributed by atoms with van der Waals surface area (Å²) in [7, 11) is 2.81. The number of thioether (sulfide) groups is 1. The molecule has 0 fully saturated rings.